The fourth-order valence-electron chi connectivity index (χ4n) is 1.89. The molecule has 104 valence electrons. The molecular formula is C11H22N4O2S. The monoisotopic (exact) mass is 274 g/mol. The molecule has 1 aromatic rings. The molecule has 0 fully saturated rings. The lowest BCUT2D eigenvalue weighted by Gasteiger charge is -2.14. The van der Waals surface area contributed by atoms with Crippen molar-refractivity contribution in [3.63, 3.8) is 0 Å². The van der Waals surface area contributed by atoms with Crippen LogP contribution >= 0.6 is 0 Å². The summed E-state index contributed by atoms with van der Waals surface area (Å²) in [5.74, 6) is 0.973. The van der Waals surface area contributed by atoms with Gasteiger partial charge in [0.25, 0.3) is 0 Å². The average Bonchev–Trinajstić information content (AvgIpc) is 2.42. The Bertz CT molecular complexity index is 519. The third-order valence-corrected chi connectivity index (χ3v) is 3.70. The highest BCUT2D eigenvalue weighted by atomic mass is 32.2. The summed E-state index contributed by atoms with van der Waals surface area (Å²) in [5.41, 5.74) is 7.44. The summed E-state index contributed by atoms with van der Waals surface area (Å²) in [7, 11) is -1.22. The zero-order chi connectivity index (χ0) is 14.1. The van der Waals surface area contributed by atoms with Crippen LogP contribution in [0.4, 0.5) is 11.5 Å². The van der Waals surface area contributed by atoms with Crippen LogP contribution in [0.2, 0.25) is 0 Å². The predicted molar refractivity (Wildman–Crippen MR) is 74.5 cm³/mol. The normalized spacial score (nSPS) is 13.9. The van der Waals surface area contributed by atoms with Crippen molar-refractivity contribution in [2.75, 3.05) is 23.1 Å². The van der Waals surface area contributed by atoms with Crippen molar-refractivity contribution in [1.82, 2.24) is 9.78 Å². The lowest BCUT2D eigenvalue weighted by Crippen LogP contribution is -2.26. The van der Waals surface area contributed by atoms with Crippen LogP contribution < -0.4 is 11.1 Å². The minimum atomic E-state index is -3.01. The molecule has 1 heterocycles. The smallest absolute Gasteiger partial charge is 0.149 e. The molecule has 6 nitrogen and oxygen atoms in total. The van der Waals surface area contributed by atoms with Gasteiger partial charge < -0.3 is 11.1 Å². The zero-order valence-corrected chi connectivity index (χ0v) is 12.4. The maximum absolute atomic E-state index is 11.2. The number of hydrogen-bond donors (Lipinski definition) is 2. The van der Waals surface area contributed by atoms with E-state index in [9.17, 15) is 8.42 Å². The van der Waals surface area contributed by atoms with Crippen molar-refractivity contribution in [3.05, 3.63) is 5.69 Å². The lowest BCUT2D eigenvalue weighted by atomic mass is 10.1. The first-order chi connectivity index (χ1) is 8.11. The van der Waals surface area contributed by atoms with Crippen LogP contribution in [-0.4, -0.2) is 36.2 Å². The fourth-order valence-corrected chi connectivity index (χ4v) is 2.88. The van der Waals surface area contributed by atoms with Crippen molar-refractivity contribution < 1.29 is 8.42 Å². The van der Waals surface area contributed by atoms with Gasteiger partial charge >= 0.3 is 0 Å². The van der Waals surface area contributed by atoms with Crippen molar-refractivity contribution in [2.24, 2.45) is 7.05 Å². The van der Waals surface area contributed by atoms with Crippen LogP contribution in [0.5, 0.6) is 0 Å². The second-order valence-electron chi connectivity index (χ2n) is 5.06. The molecule has 0 aliphatic rings. The second kappa shape index (κ2) is 5.17. The van der Waals surface area contributed by atoms with Gasteiger partial charge in [0.15, 0.2) is 0 Å². The molecule has 0 spiro atoms. The summed E-state index contributed by atoms with van der Waals surface area (Å²) in [6.07, 6.45) is 1.22. The molecule has 1 atom stereocenters. The van der Waals surface area contributed by atoms with Gasteiger partial charge in [0.2, 0.25) is 0 Å². The summed E-state index contributed by atoms with van der Waals surface area (Å²) in [5, 5.41) is 7.45. The number of nitrogens with one attached hydrogen (secondary N) is 1. The molecule has 0 aliphatic heterocycles. The molecule has 0 saturated heterocycles. The molecule has 3 N–H and O–H groups in total. The Hall–Kier alpha value is -1.24. The number of nitrogens with two attached hydrogens (primary N) is 1. The largest absolute Gasteiger partial charge is 0.394 e. The quantitative estimate of drug-likeness (QED) is 0.835. The summed E-state index contributed by atoms with van der Waals surface area (Å²) in [6.45, 7) is 5.84. The number of rotatable bonds is 5. The first kappa shape index (κ1) is 14.8. The predicted octanol–water partition coefficient (Wildman–Crippen LogP) is 0.971. The van der Waals surface area contributed by atoms with Gasteiger partial charge in [-0.05, 0) is 12.8 Å². The summed E-state index contributed by atoms with van der Waals surface area (Å²) in [4.78, 5) is 0. The van der Waals surface area contributed by atoms with E-state index in [1.807, 2.05) is 20.8 Å². The van der Waals surface area contributed by atoms with Crippen molar-refractivity contribution in [1.29, 1.82) is 0 Å². The number of nitrogens with zero attached hydrogens (tertiary/aromatic N) is 2. The van der Waals surface area contributed by atoms with Crippen LogP contribution in [-0.2, 0) is 16.9 Å². The SMILES string of the molecule is CC(CS(C)(=O)=O)Nc1c(N)c(C(C)C)nn1C. The number of nitrogen functional groups attached to an aromatic ring is 1. The molecule has 1 rings (SSSR count). The van der Waals surface area contributed by atoms with E-state index in [-0.39, 0.29) is 17.7 Å². The van der Waals surface area contributed by atoms with Gasteiger partial charge in [0, 0.05) is 19.3 Å². The Balaban J connectivity index is 2.92. The number of aryl methyl sites for hydroxylation is 1. The van der Waals surface area contributed by atoms with Crippen molar-refractivity contribution in [3.8, 4) is 0 Å². The van der Waals surface area contributed by atoms with Gasteiger partial charge in [-0.3, -0.25) is 4.68 Å². The minimum Gasteiger partial charge on any atom is -0.394 e. The van der Waals surface area contributed by atoms with Crippen LogP contribution in [0.1, 0.15) is 32.4 Å². The number of aromatic nitrogens is 2. The van der Waals surface area contributed by atoms with E-state index in [1.54, 1.807) is 11.7 Å². The molecule has 0 amide bonds. The van der Waals surface area contributed by atoms with Gasteiger partial charge in [-0.25, -0.2) is 8.42 Å². The van der Waals surface area contributed by atoms with Gasteiger partial charge in [0.1, 0.15) is 15.7 Å². The van der Waals surface area contributed by atoms with Crippen LogP contribution in [0, 0.1) is 0 Å². The highest BCUT2D eigenvalue weighted by molar-refractivity contribution is 7.90. The molecule has 0 bridgehead atoms. The third-order valence-electron chi connectivity index (χ3n) is 2.60. The minimum absolute atomic E-state index is 0.0641. The van der Waals surface area contributed by atoms with E-state index < -0.39 is 9.84 Å². The lowest BCUT2D eigenvalue weighted by molar-refractivity contribution is 0.597. The molecule has 18 heavy (non-hydrogen) atoms. The van der Waals surface area contributed by atoms with Crippen LogP contribution in [0.25, 0.3) is 0 Å². The van der Waals surface area contributed by atoms with E-state index in [2.05, 4.69) is 10.4 Å². The molecule has 1 unspecified atom stereocenters. The molecule has 0 saturated carbocycles. The maximum Gasteiger partial charge on any atom is 0.149 e. The first-order valence-electron chi connectivity index (χ1n) is 5.88. The molecule has 7 heteroatoms. The van der Waals surface area contributed by atoms with Crippen molar-refractivity contribution in [2.45, 2.75) is 32.7 Å². The fraction of sp³-hybridized carbons (Fsp3) is 0.727. The van der Waals surface area contributed by atoms with Crippen molar-refractivity contribution >= 4 is 21.3 Å². The topological polar surface area (TPSA) is 90.0 Å². The van der Waals surface area contributed by atoms with Gasteiger partial charge in [-0.1, -0.05) is 13.8 Å². The highest BCUT2D eigenvalue weighted by Gasteiger charge is 2.18. The van der Waals surface area contributed by atoms with Gasteiger partial charge in [0.05, 0.1) is 17.1 Å². The van der Waals surface area contributed by atoms with E-state index in [1.165, 1.54) is 6.26 Å². The van der Waals surface area contributed by atoms with E-state index in [4.69, 9.17) is 5.73 Å². The zero-order valence-electron chi connectivity index (χ0n) is 11.6. The van der Waals surface area contributed by atoms with Crippen LogP contribution in [0.15, 0.2) is 0 Å². The van der Waals surface area contributed by atoms with E-state index in [0.717, 1.165) is 5.69 Å². The van der Waals surface area contributed by atoms with E-state index in [0.29, 0.717) is 11.5 Å². The van der Waals surface area contributed by atoms with Gasteiger partial charge in [-0.15, -0.1) is 0 Å². The second-order valence-corrected chi connectivity index (χ2v) is 7.25. The Labute approximate surface area is 108 Å². The Morgan fingerprint density at radius 1 is 1.39 bits per heavy atom. The maximum atomic E-state index is 11.2. The number of hydrogen-bond acceptors (Lipinski definition) is 5. The Morgan fingerprint density at radius 3 is 2.33 bits per heavy atom. The summed E-state index contributed by atoms with van der Waals surface area (Å²) < 4.78 is 24.1. The number of anilines is 2. The first-order valence-corrected chi connectivity index (χ1v) is 7.94. The number of sulfone groups is 1. The standard InChI is InChI=1S/C11H22N4O2S/c1-7(2)10-9(12)11(15(4)14-10)13-8(3)6-18(5,16)17/h7-8,13H,6,12H2,1-5H3. The average molecular weight is 274 g/mol. The third kappa shape index (κ3) is 3.63. The van der Waals surface area contributed by atoms with E-state index >= 15 is 0 Å². The molecule has 1 aromatic heterocycles. The van der Waals surface area contributed by atoms with Crippen LogP contribution in [0.3, 0.4) is 0 Å². The molecule has 0 radical (unpaired) electrons. The summed E-state index contributed by atoms with van der Waals surface area (Å²) >= 11 is 0. The Kier molecular flexibility index (Phi) is 4.26. The van der Waals surface area contributed by atoms with Gasteiger partial charge in [-0.2, -0.15) is 5.10 Å². The molecule has 0 aliphatic carbocycles. The molecular weight excluding hydrogens is 252 g/mol. The summed E-state index contributed by atoms with van der Waals surface area (Å²) in [6, 6.07) is -0.210. The Morgan fingerprint density at radius 2 is 1.94 bits per heavy atom. The highest BCUT2D eigenvalue weighted by Crippen LogP contribution is 2.28. The molecule has 0 aromatic carbocycles.